The van der Waals surface area contributed by atoms with Gasteiger partial charge in [-0.3, -0.25) is 0 Å². The van der Waals surface area contributed by atoms with Gasteiger partial charge in [0.2, 0.25) is 0 Å². The first-order valence-corrected chi connectivity index (χ1v) is 6.17. The molecule has 98 valence electrons. The van der Waals surface area contributed by atoms with Gasteiger partial charge in [0, 0.05) is 17.3 Å². The van der Waals surface area contributed by atoms with Crippen LogP contribution < -0.4 is 5.73 Å². The minimum atomic E-state index is -1.65. The van der Waals surface area contributed by atoms with Crippen molar-refractivity contribution in [3.63, 3.8) is 0 Å². The monoisotopic (exact) mass is 249 g/mol. The molecule has 18 heavy (non-hydrogen) atoms. The molecule has 0 amide bonds. The minimum Gasteiger partial charge on any atom is -0.458 e. The SMILES string of the molecule is Cc1ccc2oc(C(F)(CN)C(C)(C)C)cc2c1. The number of aryl methyl sites for hydroxylation is 1. The molecule has 1 heterocycles. The van der Waals surface area contributed by atoms with E-state index in [1.165, 1.54) is 0 Å². The van der Waals surface area contributed by atoms with Gasteiger partial charge in [-0.1, -0.05) is 32.4 Å². The third-order valence-electron chi connectivity index (χ3n) is 3.53. The summed E-state index contributed by atoms with van der Waals surface area (Å²) in [7, 11) is 0. The molecule has 2 rings (SSSR count). The lowest BCUT2D eigenvalue weighted by atomic mass is 9.76. The Morgan fingerprint density at radius 2 is 1.89 bits per heavy atom. The van der Waals surface area contributed by atoms with E-state index < -0.39 is 11.1 Å². The largest absolute Gasteiger partial charge is 0.458 e. The Morgan fingerprint density at radius 1 is 1.22 bits per heavy atom. The van der Waals surface area contributed by atoms with Crippen molar-refractivity contribution in [1.29, 1.82) is 0 Å². The highest BCUT2D eigenvalue weighted by atomic mass is 19.1. The molecule has 1 unspecified atom stereocenters. The van der Waals surface area contributed by atoms with E-state index in [0.717, 1.165) is 10.9 Å². The van der Waals surface area contributed by atoms with Crippen LogP contribution in [-0.2, 0) is 5.67 Å². The van der Waals surface area contributed by atoms with Crippen molar-refractivity contribution in [2.45, 2.75) is 33.4 Å². The van der Waals surface area contributed by atoms with Crippen LogP contribution in [0, 0.1) is 12.3 Å². The number of hydrogen-bond acceptors (Lipinski definition) is 2. The van der Waals surface area contributed by atoms with Gasteiger partial charge in [0.1, 0.15) is 11.3 Å². The normalized spacial score (nSPS) is 15.9. The Hall–Kier alpha value is -1.35. The summed E-state index contributed by atoms with van der Waals surface area (Å²) in [6.45, 7) is 7.41. The number of nitrogens with two attached hydrogens (primary N) is 1. The van der Waals surface area contributed by atoms with Crippen molar-refractivity contribution in [3.8, 4) is 0 Å². The van der Waals surface area contributed by atoms with E-state index in [4.69, 9.17) is 10.2 Å². The smallest absolute Gasteiger partial charge is 0.185 e. The maximum absolute atomic E-state index is 15.1. The van der Waals surface area contributed by atoms with Gasteiger partial charge in [-0.15, -0.1) is 0 Å². The molecule has 2 aromatic rings. The van der Waals surface area contributed by atoms with Crippen LogP contribution in [0.3, 0.4) is 0 Å². The zero-order valence-corrected chi connectivity index (χ0v) is 11.4. The second kappa shape index (κ2) is 4.09. The lowest BCUT2D eigenvalue weighted by Gasteiger charge is -2.34. The standard InChI is InChI=1S/C15H20FNO/c1-10-5-6-12-11(7-10)8-13(18-12)15(16,9-17)14(2,3)4/h5-8H,9,17H2,1-4H3. The molecular formula is C15H20FNO. The topological polar surface area (TPSA) is 39.2 Å². The number of furan rings is 1. The maximum atomic E-state index is 15.1. The summed E-state index contributed by atoms with van der Waals surface area (Å²) >= 11 is 0. The summed E-state index contributed by atoms with van der Waals surface area (Å²) < 4.78 is 20.7. The van der Waals surface area contributed by atoms with Crippen molar-refractivity contribution in [3.05, 3.63) is 35.6 Å². The molecule has 0 fully saturated rings. The second-order valence-corrected chi connectivity index (χ2v) is 5.91. The molecule has 0 aliphatic rings. The fourth-order valence-electron chi connectivity index (χ4n) is 2.13. The third-order valence-corrected chi connectivity index (χ3v) is 3.53. The fraction of sp³-hybridized carbons (Fsp3) is 0.467. The quantitative estimate of drug-likeness (QED) is 0.876. The van der Waals surface area contributed by atoms with Gasteiger partial charge in [-0.2, -0.15) is 0 Å². The summed E-state index contributed by atoms with van der Waals surface area (Å²) in [5.41, 5.74) is 5.21. The lowest BCUT2D eigenvalue weighted by Crippen LogP contribution is -2.42. The van der Waals surface area contributed by atoms with Gasteiger partial charge < -0.3 is 10.2 Å². The predicted octanol–water partition coefficient (Wildman–Crippen LogP) is 3.91. The van der Waals surface area contributed by atoms with Gasteiger partial charge >= 0.3 is 0 Å². The molecule has 1 aromatic heterocycles. The predicted molar refractivity (Wildman–Crippen MR) is 72.2 cm³/mol. The Labute approximate surface area is 107 Å². The average molecular weight is 249 g/mol. The maximum Gasteiger partial charge on any atom is 0.185 e. The van der Waals surface area contributed by atoms with Gasteiger partial charge in [0.15, 0.2) is 5.67 Å². The van der Waals surface area contributed by atoms with Crippen molar-refractivity contribution in [2.75, 3.05) is 6.54 Å². The molecule has 2 nitrogen and oxygen atoms in total. The van der Waals surface area contributed by atoms with Crippen LogP contribution in [0.5, 0.6) is 0 Å². The van der Waals surface area contributed by atoms with Gasteiger partial charge in [-0.25, -0.2) is 4.39 Å². The number of halogens is 1. The number of hydrogen-bond donors (Lipinski definition) is 1. The first-order valence-electron chi connectivity index (χ1n) is 6.17. The molecular weight excluding hydrogens is 229 g/mol. The first kappa shape index (κ1) is 13.1. The van der Waals surface area contributed by atoms with E-state index in [1.807, 2.05) is 45.9 Å². The van der Waals surface area contributed by atoms with Gasteiger partial charge in [0.25, 0.3) is 0 Å². The molecule has 0 aliphatic heterocycles. The minimum absolute atomic E-state index is 0.0880. The number of alkyl halides is 1. The molecule has 0 spiro atoms. The zero-order valence-electron chi connectivity index (χ0n) is 11.4. The van der Waals surface area contributed by atoms with E-state index in [9.17, 15) is 0 Å². The number of rotatable bonds is 2. The Morgan fingerprint density at radius 3 is 2.44 bits per heavy atom. The molecule has 3 heteroatoms. The van der Waals surface area contributed by atoms with E-state index in [-0.39, 0.29) is 6.54 Å². The third kappa shape index (κ3) is 1.93. The highest BCUT2D eigenvalue weighted by Crippen LogP contribution is 2.44. The van der Waals surface area contributed by atoms with Crippen LogP contribution in [0.4, 0.5) is 4.39 Å². The zero-order chi connectivity index (χ0) is 13.6. The Bertz CT molecular complexity index is 567. The van der Waals surface area contributed by atoms with E-state index in [0.29, 0.717) is 11.3 Å². The van der Waals surface area contributed by atoms with Crippen LogP contribution in [0.2, 0.25) is 0 Å². The molecule has 0 radical (unpaired) electrons. The summed E-state index contributed by atoms with van der Waals surface area (Å²) in [4.78, 5) is 0. The van der Waals surface area contributed by atoms with Gasteiger partial charge in [0.05, 0.1) is 0 Å². The van der Waals surface area contributed by atoms with E-state index >= 15 is 4.39 Å². The van der Waals surface area contributed by atoms with Crippen molar-refractivity contribution >= 4 is 11.0 Å². The highest BCUT2D eigenvalue weighted by Gasteiger charge is 2.45. The molecule has 0 aliphatic carbocycles. The van der Waals surface area contributed by atoms with Gasteiger partial charge in [-0.05, 0) is 25.1 Å². The first-order chi connectivity index (χ1) is 8.28. The van der Waals surface area contributed by atoms with Crippen LogP contribution in [0.1, 0.15) is 32.1 Å². The average Bonchev–Trinajstić information content (AvgIpc) is 2.69. The van der Waals surface area contributed by atoms with Crippen LogP contribution >= 0.6 is 0 Å². The molecule has 0 saturated carbocycles. The van der Waals surface area contributed by atoms with Crippen LogP contribution in [0.25, 0.3) is 11.0 Å². The van der Waals surface area contributed by atoms with Crippen LogP contribution in [-0.4, -0.2) is 6.54 Å². The molecule has 0 bridgehead atoms. The summed E-state index contributed by atoms with van der Waals surface area (Å²) in [5, 5.41) is 0.921. The highest BCUT2D eigenvalue weighted by molar-refractivity contribution is 5.79. The summed E-state index contributed by atoms with van der Waals surface area (Å²) in [6, 6.07) is 7.57. The Kier molecular flexibility index (Phi) is 2.98. The van der Waals surface area contributed by atoms with Crippen LogP contribution in [0.15, 0.2) is 28.7 Å². The summed E-state index contributed by atoms with van der Waals surface area (Å²) in [5.74, 6) is 0.318. The van der Waals surface area contributed by atoms with Crippen molar-refractivity contribution in [2.24, 2.45) is 11.1 Å². The number of fused-ring (bicyclic) bond motifs is 1. The number of benzene rings is 1. The lowest BCUT2D eigenvalue weighted by molar-refractivity contribution is 0.0143. The van der Waals surface area contributed by atoms with Crippen molar-refractivity contribution in [1.82, 2.24) is 0 Å². The van der Waals surface area contributed by atoms with E-state index in [2.05, 4.69) is 0 Å². The molecule has 1 atom stereocenters. The van der Waals surface area contributed by atoms with E-state index in [1.54, 1.807) is 6.07 Å². The molecule has 0 saturated heterocycles. The molecule has 2 N–H and O–H groups in total. The fourth-order valence-corrected chi connectivity index (χ4v) is 2.13. The van der Waals surface area contributed by atoms with Crippen molar-refractivity contribution < 1.29 is 8.81 Å². The summed E-state index contributed by atoms with van der Waals surface area (Å²) in [6.07, 6.45) is 0. The molecule has 1 aromatic carbocycles. The second-order valence-electron chi connectivity index (χ2n) is 5.91. The Balaban J connectivity index is 2.59.